The number of nitrogens with one attached hydrogen (secondary N) is 2. The molecule has 2 N–H and O–H groups in total. The molecule has 0 spiro atoms. The number of thiophene rings is 1. The molecule has 80 valence electrons. The van der Waals surface area contributed by atoms with Gasteiger partial charge >= 0.3 is 11.8 Å². The van der Waals surface area contributed by atoms with E-state index >= 15 is 0 Å². The third-order valence-electron chi connectivity index (χ3n) is 2.32. The number of amides is 2. The fourth-order valence-electron chi connectivity index (χ4n) is 1.45. The highest BCUT2D eigenvalue weighted by atomic mass is 35.5. The van der Waals surface area contributed by atoms with Crippen molar-refractivity contribution in [1.82, 2.24) is 10.6 Å². The van der Waals surface area contributed by atoms with Gasteiger partial charge in [0.15, 0.2) is 0 Å². The van der Waals surface area contributed by atoms with Gasteiger partial charge in [-0.2, -0.15) is 0 Å². The standard InChI is InChI=1S/C9H9ClN2O2S/c1-9(5-2-3-6(10)15-5)4-11-7(13)8(14)12-9/h2-3H,4H2,1H3,(H,11,13)(H,12,14). The van der Waals surface area contributed by atoms with Crippen LogP contribution in [0.1, 0.15) is 11.8 Å². The fraction of sp³-hybridized carbons (Fsp3) is 0.333. The molecule has 15 heavy (non-hydrogen) atoms. The highest BCUT2D eigenvalue weighted by Crippen LogP contribution is 2.31. The summed E-state index contributed by atoms with van der Waals surface area (Å²) in [5.41, 5.74) is -0.553. The van der Waals surface area contributed by atoms with Crippen LogP contribution in [0.2, 0.25) is 4.34 Å². The van der Waals surface area contributed by atoms with Gasteiger partial charge in [0.2, 0.25) is 0 Å². The summed E-state index contributed by atoms with van der Waals surface area (Å²) in [4.78, 5) is 23.1. The van der Waals surface area contributed by atoms with E-state index in [1.54, 1.807) is 6.07 Å². The van der Waals surface area contributed by atoms with Gasteiger partial charge < -0.3 is 10.6 Å². The van der Waals surface area contributed by atoms with E-state index in [0.717, 1.165) is 4.88 Å². The average Bonchev–Trinajstić information content (AvgIpc) is 2.60. The highest BCUT2D eigenvalue weighted by molar-refractivity contribution is 7.16. The van der Waals surface area contributed by atoms with Gasteiger partial charge in [-0.3, -0.25) is 9.59 Å². The molecule has 2 rings (SSSR count). The molecule has 1 aromatic rings. The van der Waals surface area contributed by atoms with Crippen LogP contribution in [-0.2, 0) is 15.1 Å². The van der Waals surface area contributed by atoms with E-state index in [9.17, 15) is 9.59 Å². The second-order valence-corrected chi connectivity index (χ2v) is 5.29. The summed E-state index contributed by atoms with van der Waals surface area (Å²) < 4.78 is 0.664. The van der Waals surface area contributed by atoms with Gasteiger partial charge in [0.1, 0.15) is 0 Å². The van der Waals surface area contributed by atoms with Gasteiger partial charge in [0.05, 0.1) is 9.88 Å². The predicted molar refractivity (Wildman–Crippen MR) is 57.8 cm³/mol. The summed E-state index contributed by atoms with van der Waals surface area (Å²) in [6, 6.07) is 3.63. The molecule has 1 fully saturated rings. The van der Waals surface area contributed by atoms with Crippen LogP contribution in [0, 0.1) is 0 Å². The van der Waals surface area contributed by atoms with E-state index in [-0.39, 0.29) is 0 Å². The lowest BCUT2D eigenvalue weighted by Gasteiger charge is -2.33. The van der Waals surface area contributed by atoms with Crippen molar-refractivity contribution in [1.29, 1.82) is 0 Å². The lowest BCUT2D eigenvalue weighted by atomic mass is 9.98. The molecule has 6 heteroatoms. The first-order valence-corrected chi connectivity index (χ1v) is 5.57. The minimum atomic E-state index is -0.603. The summed E-state index contributed by atoms with van der Waals surface area (Å²) in [5.74, 6) is -1.19. The maximum atomic E-state index is 11.2. The SMILES string of the molecule is CC1(c2ccc(Cl)s2)CNC(=O)C(=O)N1. The first-order valence-electron chi connectivity index (χ1n) is 4.37. The number of hydrogen-bond acceptors (Lipinski definition) is 3. The van der Waals surface area contributed by atoms with E-state index in [4.69, 9.17) is 11.6 Å². The minimum Gasteiger partial charge on any atom is -0.345 e. The van der Waals surface area contributed by atoms with Crippen molar-refractivity contribution in [2.75, 3.05) is 6.54 Å². The maximum Gasteiger partial charge on any atom is 0.310 e. The van der Waals surface area contributed by atoms with Crippen molar-refractivity contribution in [3.05, 3.63) is 21.3 Å². The van der Waals surface area contributed by atoms with Gasteiger partial charge in [-0.1, -0.05) is 11.6 Å². The largest absolute Gasteiger partial charge is 0.345 e. The molecule has 1 atom stereocenters. The molecular formula is C9H9ClN2O2S. The highest BCUT2D eigenvalue weighted by Gasteiger charge is 2.37. The van der Waals surface area contributed by atoms with Crippen molar-refractivity contribution in [2.45, 2.75) is 12.5 Å². The van der Waals surface area contributed by atoms with Gasteiger partial charge in [-0.15, -0.1) is 11.3 Å². The topological polar surface area (TPSA) is 58.2 Å². The van der Waals surface area contributed by atoms with Crippen LogP contribution in [0.3, 0.4) is 0 Å². The van der Waals surface area contributed by atoms with E-state index in [1.165, 1.54) is 11.3 Å². The number of hydrogen-bond donors (Lipinski definition) is 2. The number of piperazine rings is 1. The number of carbonyl (C=O) groups is 2. The zero-order chi connectivity index (χ0) is 11.1. The van der Waals surface area contributed by atoms with Gasteiger partial charge in [0, 0.05) is 11.4 Å². The van der Waals surface area contributed by atoms with Crippen LogP contribution in [0.15, 0.2) is 12.1 Å². The Morgan fingerprint density at radius 2 is 2.13 bits per heavy atom. The minimum absolute atomic E-state index is 0.383. The summed E-state index contributed by atoms with van der Waals surface area (Å²) >= 11 is 7.22. The third-order valence-corrected chi connectivity index (χ3v) is 3.81. The van der Waals surface area contributed by atoms with Crippen LogP contribution < -0.4 is 10.6 Å². The molecule has 0 radical (unpaired) electrons. The van der Waals surface area contributed by atoms with Crippen LogP contribution in [0.5, 0.6) is 0 Å². The van der Waals surface area contributed by atoms with Crippen LogP contribution in [-0.4, -0.2) is 18.4 Å². The fourth-order valence-corrected chi connectivity index (χ4v) is 2.59. The van der Waals surface area contributed by atoms with Gasteiger partial charge in [0.25, 0.3) is 0 Å². The quantitative estimate of drug-likeness (QED) is 0.720. The molecule has 1 aliphatic heterocycles. The Morgan fingerprint density at radius 1 is 1.40 bits per heavy atom. The zero-order valence-electron chi connectivity index (χ0n) is 7.96. The van der Waals surface area contributed by atoms with Gasteiger partial charge in [-0.25, -0.2) is 0 Å². The molecule has 2 heterocycles. The molecule has 2 amide bonds. The second-order valence-electron chi connectivity index (χ2n) is 3.57. The maximum absolute atomic E-state index is 11.2. The van der Waals surface area contributed by atoms with Crippen LogP contribution in [0.4, 0.5) is 0 Å². The summed E-state index contributed by atoms with van der Waals surface area (Å²) in [6.07, 6.45) is 0. The smallest absolute Gasteiger partial charge is 0.310 e. The average molecular weight is 245 g/mol. The Hall–Kier alpha value is -1.07. The van der Waals surface area contributed by atoms with E-state index in [0.29, 0.717) is 10.9 Å². The molecular weight excluding hydrogens is 236 g/mol. The van der Waals surface area contributed by atoms with Crippen molar-refractivity contribution in [3.8, 4) is 0 Å². The Labute approximate surface area is 95.6 Å². The van der Waals surface area contributed by atoms with Crippen molar-refractivity contribution in [3.63, 3.8) is 0 Å². The summed E-state index contributed by atoms with van der Waals surface area (Å²) in [7, 11) is 0. The number of rotatable bonds is 1. The molecule has 1 aromatic heterocycles. The van der Waals surface area contributed by atoms with Gasteiger partial charge in [-0.05, 0) is 19.1 Å². The zero-order valence-corrected chi connectivity index (χ0v) is 9.54. The van der Waals surface area contributed by atoms with Crippen molar-refractivity contribution < 1.29 is 9.59 Å². The summed E-state index contributed by atoms with van der Waals surface area (Å²) in [5, 5.41) is 5.22. The monoisotopic (exact) mass is 244 g/mol. The Bertz CT molecular complexity index is 432. The van der Waals surface area contributed by atoms with Crippen LogP contribution >= 0.6 is 22.9 Å². The molecule has 0 saturated carbocycles. The first-order chi connectivity index (χ1) is 7.01. The normalized spacial score (nSPS) is 26.0. The Morgan fingerprint density at radius 3 is 2.67 bits per heavy atom. The van der Waals surface area contributed by atoms with Crippen LogP contribution in [0.25, 0.3) is 0 Å². The molecule has 1 aliphatic rings. The molecule has 1 saturated heterocycles. The van der Waals surface area contributed by atoms with E-state index in [2.05, 4.69) is 10.6 Å². The van der Waals surface area contributed by atoms with E-state index in [1.807, 2.05) is 13.0 Å². The molecule has 0 bridgehead atoms. The molecule has 0 aromatic carbocycles. The molecule has 0 aliphatic carbocycles. The number of carbonyl (C=O) groups excluding carboxylic acids is 2. The first kappa shape index (κ1) is 10.4. The van der Waals surface area contributed by atoms with E-state index < -0.39 is 17.4 Å². The lowest BCUT2D eigenvalue weighted by Crippen LogP contribution is -2.60. The van der Waals surface area contributed by atoms with Crippen molar-refractivity contribution in [2.24, 2.45) is 0 Å². The summed E-state index contributed by atoms with van der Waals surface area (Å²) in [6.45, 7) is 2.24. The third kappa shape index (κ3) is 1.85. The van der Waals surface area contributed by atoms with Crippen molar-refractivity contribution >= 4 is 34.8 Å². The Kier molecular flexibility index (Phi) is 2.44. The molecule has 4 nitrogen and oxygen atoms in total. The Balaban J connectivity index is 2.28. The number of halogens is 1. The lowest BCUT2D eigenvalue weighted by molar-refractivity contribution is -0.142. The second kappa shape index (κ2) is 3.50. The predicted octanol–water partition coefficient (Wildman–Crippen LogP) is 0.863. The molecule has 1 unspecified atom stereocenters.